The van der Waals surface area contributed by atoms with Crippen LogP contribution in [0.4, 0.5) is 8.78 Å². The summed E-state index contributed by atoms with van der Waals surface area (Å²) in [6, 6.07) is 4.84. The molecule has 17 heavy (non-hydrogen) atoms. The maximum absolute atomic E-state index is 12.8. The highest BCUT2D eigenvalue weighted by molar-refractivity contribution is 9.10. The van der Waals surface area contributed by atoms with Crippen molar-refractivity contribution in [3.63, 3.8) is 0 Å². The van der Waals surface area contributed by atoms with Gasteiger partial charge >= 0.3 is 5.97 Å². The zero-order valence-corrected chi connectivity index (χ0v) is 11.0. The van der Waals surface area contributed by atoms with E-state index in [1.807, 2.05) is 0 Å². The highest BCUT2D eigenvalue weighted by Gasteiger charge is 2.17. The van der Waals surface area contributed by atoms with Crippen molar-refractivity contribution in [3.05, 3.63) is 33.8 Å². The fraction of sp³-hybridized carbons (Fsp3) is 0.417. The third-order valence-corrected chi connectivity index (χ3v) is 2.96. The van der Waals surface area contributed by atoms with Gasteiger partial charge in [-0.05, 0) is 25.0 Å². The van der Waals surface area contributed by atoms with Crippen molar-refractivity contribution < 1.29 is 18.3 Å². The largest absolute Gasteiger partial charge is 0.466 e. The summed E-state index contributed by atoms with van der Waals surface area (Å²) in [5.74, 6) is -0.368. The minimum absolute atomic E-state index is 0.0446. The van der Waals surface area contributed by atoms with E-state index in [2.05, 4.69) is 15.9 Å². The molecule has 0 aliphatic heterocycles. The van der Waals surface area contributed by atoms with E-state index in [4.69, 9.17) is 4.74 Å². The van der Waals surface area contributed by atoms with E-state index in [1.54, 1.807) is 25.1 Å². The number of carbonyl (C=O) groups is 1. The van der Waals surface area contributed by atoms with Crippen LogP contribution in [-0.4, -0.2) is 12.6 Å². The third kappa shape index (κ3) is 4.07. The molecule has 0 bridgehead atoms. The predicted octanol–water partition coefficient (Wildman–Crippen LogP) is 3.88. The van der Waals surface area contributed by atoms with Gasteiger partial charge in [-0.3, -0.25) is 4.79 Å². The number of halogens is 3. The lowest BCUT2D eigenvalue weighted by atomic mass is 10.0. The Balaban J connectivity index is 2.77. The molecule has 0 aliphatic rings. The van der Waals surface area contributed by atoms with Crippen LogP contribution in [0.3, 0.4) is 0 Å². The van der Waals surface area contributed by atoms with Gasteiger partial charge in [-0.2, -0.15) is 0 Å². The van der Waals surface area contributed by atoms with Crippen molar-refractivity contribution >= 4 is 21.9 Å². The Morgan fingerprint density at radius 3 is 2.76 bits per heavy atom. The second kappa shape index (κ2) is 6.69. The first-order chi connectivity index (χ1) is 8.06. The molecule has 5 heteroatoms. The summed E-state index contributed by atoms with van der Waals surface area (Å²) in [7, 11) is 0. The van der Waals surface area contributed by atoms with Gasteiger partial charge in [0.2, 0.25) is 0 Å². The highest BCUT2D eigenvalue weighted by atomic mass is 79.9. The lowest BCUT2D eigenvalue weighted by Crippen LogP contribution is -2.06. The summed E-state index contributed by atoms with van der Waals surface area (Å²) >= 11 is 3.09. The van der Waals surface area contributed by atoms with Crippen LogP contribution in [-0.2, 0) is 16.0 Å². The van der Waals surface area contributed by atoms with E-state index >= 15 is 0 Å². The van der Waals surface area contributed by atoms with Crippen molar-refractivity contribution in [2.75, 3.05) is 6.61 Å². The smallest absolute Gasteiger partial charge is 0.306 e. The zero-order chi connectivity index (χ0) is 12.8. The number of carbonyl (C=O) groups excluding carboxylic acids is 1. The molecule has 1 aromatic rings. The van der Waals surface area contributed by atoms with E-state index in [9.17, 15) is 13.6 Å². The number of hydrogen-bond donors (Lipinski definition) is 0. The van der Waals surface area contributed by atoms with Crippen LogP contribution in [0, 0.1) is 0 Å². The van der Waals surface area contributed by atoms with Crippen LogP contribution in [0.15, 0.2) is 22.7 Å². The maximum atomic E-state index is 12.8. The molecular formula is C12H13BrF2O2. The molecule has 0 unspecified atom stereocenters. The number of rotatable bonds is 5. The molecule has 0 saturated heterocycles. The maximum Gasteiger partial charge on any atom is 0.306 e. The summed E-state index contributed by atoms with van der Waals surface area (Å²) < 4.78 is 30.8. The highest BCUT2D eigenvalue weighted by Crippen LogP contribution is 2.31. The third-order valence-electron chi connectivity index (χ3n) is 2.27. The van der Waals surface area contributed by atoms with Crippen LogP contribution < -0.4 is 0 Å². The van der Waals surface area contributed by atoms with E-state index in [1.165, 1.54) is 0 Å². The average Bonchev–Trinajstić information content (AvgIpc) is 2.26. The van der Waals surface area contributed by atoms with Gasteiger partial charge in [0.05, 0.1) is 6.61 Å². The minimum atomic E-state index is -2.55. The van der Waals surface area contributed by atoms with Crippen molar-refractivity contribution in [2.45, 2.75) is 26.2 Å². The van der Waals surface area contributed by atoms with Gasteiger partial charge in [0, 0.05) is 16.5 Å². The SMILES string of the molecule is CCOC(=O)CCc1cccc(Br)c1C(F)F. The molecule has 0 spiro atoms. The summed E-state index contributed by atoms with van der Waals surface area (Å²) in [6.07, 6.45) is -2.18. The van der Waals surface area contributed by atoms with E-state index in [-0.39, 0.29) is 24.4 Å². The second-order valence-electron chi connectivity index (χ2n) is 3.42. The predicted molar refractivity (Wildman–Crippen MR) is 64.1 cm³/mol. The van der Waals surface area contributed by atoms with Crippen LogP contribution in [0.5, 0.6) is 0 Å². The van der Waals surface area contributed by atoms with E-state index in [0.717, 1.165) is 0 Å². The quantitative estimate of drug-likeness (QED) is 0.772. The topological polar surface area (TPSA) is 26.3 Å². The van der Waals surface area contributed by atoms with Gasteiger partial charge in [0.25, 0.3) is 6.43 Å². The molecule has 94 valence electrons. The fourth-order valence-corrected chi connectivity index (χ4v) is 2.09. The van der Waals surface area contributed by atoms with Crippen LogP contribution in [0.25, 0.3) is 0 Å². The molecule has 2 nitrogen and oxygen atoms in total. The molecule has 0 radical (unpaired) electrons. The average molecular weight is 307 g/mol. The molecule has 1 rings (SSSR count). The van der Waals surface area contributed by atoms with Gasteiger partial charge in [0.15, 0.2) is 0 Å². The first-order valence-corrected chi connectivity index (χ1v) is 6.06. The first kappa shape index (κ1) is 14.1. The minimum Gasteiger partial charge on any atom is -0.466 e. The van der Waals surface area contributed by atoms with Crippen molar-refractivity contribution in [2.24, 2.45) is 0 Å². The molecule has 0 aliphatic carbocycles. The Hall–Kier alpha value is -0.970. The van der Waals surface area contributed by atoms with Gasteiger partial charge in [-0.15, -0.1) is 0 Å². The molecule has 0 fully saturated rings. The molecule has 0 heterocycles. The van der Waals surface area contributed by atoms with E-state index < -0.39 is 6.43 Å². The van der Waals surface area contributed by atoms with Gasteiger partial charge in [0.1, 0.15) is 0 Å². The number of hydrogen-bond acceptors (Lipinski definition) is 2. The number of aryl methyl sites for hydroxylation is 1. The van der Waals surface area contributed by atoms with Crippen LogP contribution in [0.2, 0.25) is 0 Å². The molecule has 1 aromatic carbocycles. The lowest BCUT2D eigenvalue weighted by Gasteiger charge is -2.10. The number of benzene rings is 1. The van der Waals surface area contributed by atoms with Crippen LogP contribution in [0.1, 0.15) is 30.9 Å². The fourth-order valence-electron chi connectivity index (χ4n) is 1.51. The Morgan fingerprint density at radius 1 is 1.47 bits per heavy atom. The molecule has 0 saturated carbocycles. The first-order valence-electron chi connectivity index (χ1n) is 5.27. The Bertz CT molecular complexity index is 394. The summed E-state index contributed by atoms with van der Waals surface area (Å²) in [5.41, 5.74) is 0.430. The Labute approximate surface area is 107 Å². The number of ether oxygens (including phenoxy) is 1. The molecule has 0 N–H and O–H groups in total. The van der Waals surface area contributed by atoms with Crippen molar-refractivity contribution in [1.29, 1.82) is 0 Å². The number of alkyl halides is 2. The normalized spacial score (nSPS) is 10.6. The monoisotopic (exact) mass is 306 g/mol. The summed E-state index contributed by atoms with van der Waals surface area (Å²) in [4.78, 5) is 11.2. The van der Waals surface area contributed by atoms with Crippen LogP contribution >= 0.6 is 15.9 Å². The van der Waals surface area contributed by atoms with Gasteiger partial charge in [-0.25, -0.2) is 8.78 Å². The van der Waals surface area contributed by atoms with Gasteiger partial charge in [-0.1, -0.05) is 28.1 Å². The number of esters is 1. The van der Waals surface area contributed by atoms with Crippen molar-refractivity contribution in [3.8, 4) is 0 Å². The standard InChI is InChI=1S/C12H13BrF2O2/c1-2-17-10(16)7-6-8-4-3-5-9(13)11(8)12(14)15/h3-5,12H,2,6-7H2,1H3. The Morgan fingerprint density at radius 2 is 2.18 bits per heavy atom. The summed E-state index contributed by atoms with van der Waals surface area (Å²) in [6.45, 7) is 2.01. The molecule has 0 atom stereocenters. The zero-order valence-electron chi connectivity index (χ0n) is 9.38. The molecule has 0 amide bonds. The summed E-state index contributed by atoms with van der Waals surface area (Å²) in [5, 5.41) is 0. The molecule has 0 aromatic heterocycles. The second-order valence-corrected chi connectivity index (χ2v) is 4.27. The van der Waals surface area contributed by atoms with Gasteiger partial charge < -0.3 is 4.74 Å². The van der Waals surface area contributed by atoms with E-state index in [0.29, 0.717) is 16.6 Å². The van der Waals surface area contributed by atoms with Crippen molar-refractivity contribution in [1.82, 2.24) is 0 Å². The molecular weight excluding hydrogens is 294 g/mol. The lowest BCUT2D eigenvalue weighted by molar-refractivity contribution is -0.143. The Kier molecular flexibility index (Phi) is 5.55.